The van der Waals surface area contributed by atoms with Crippen LogP contribution < -0.4 is 0 Å². The van der Waals surface area contributed by atoms with Gasteiger partial charge in [0.05, 0.1) is 6.04 Å². The van der Waals surface area contributed by atoms with Crippen molar-refractivity contribution in [1.82, 2.24) is 14.8 Å². The molecule has 108 valence electrons. The van der Waals surface area contributed by atoms with Crippen LogP contribution in [0.2, 0.25) is 5.28 Å². The second-order valence-electron chi connectivity index (χ2n) is 5.23. The van der Waals surface area contributed by atoms with Crippen LogP contribution in [0.5, 0.6) is 0 Å². The Morgan fingerprint density at radius 3 is 2.43 bits per heavy atom. The molecule has 3 aromatic rings. The van der Waals surface area contributed by atoms with Crippen LogP contribution in [0.3, 0.4) is 0 Å². The van der Waals surface area contributed by atoms with Gasteiger partial charge in [-0.05, 0) is 29.0 Å². The summed E-state index contributed by atoms with van der Waals surface area (Å²) in [6.07, 6.45) is 0. The topological polar surface area (TPSA) is 30.7 Å². The quantitative estimate of drug-likeness (QED) is 0.685. The molecular weight excluding hydrogens is 302 g/mol. The van der Waals surface area contributed by atoms with Crippen molar-refractivity contribution in [3.63, 3.8) is 0 Å². The molecule has 21 heavy (non-hydrogen) atoms. The van der Waals surface area contributed by atoms with Gasteiger partial charge in [0, 0.05) is 10.4 Å². The van der Waals surface area contributed by atoms with Gasteiger partial charge in [-0.2, -0.15) is 0 Å². The number of hydrogen-bond acceptors (Lipinski definition) is 3. The summed E-state index contributed by atoms with van der Waals surface area (Å²) in [6.45, 7) is 4.38. The van der Waals surface area contributed by atoms with Crippen LogP contribution in [0, 0.1) is 5.92 Å². The molecular formula is C16H16ClN3S. The zero-order chi connectivity index (χ0) is 14.8. The summed E-state index contributed by atoms with van der Waals surface area (Å²) in [5, 5.41) is 10.9. The van der Waals surface area contributed by atoms with Crippen molar-refractivity contribution in [2.24, 2.45) is 5.92 Å². The first-order chi connectivity index (χ1) is 10.2. The lowest BCUT2D eigenvalue weighted by molar-refractivity contribution is 0.446. The van der Waals surface area contributed by atoms with Gasteiger partial charge in [0.25, 0.3) is 0 Å². The molecule has 1 aromatic carbocycles. The molecule has 0 aliphatic rings. The summed E-state index contributed by atoms with van der Waals surface area (Å²) in [5.74, 6) is 1.20. The van der Waals surface area contributed by atoms with Gasteiger partial charge < -0.3 is 0 Å². The predicted octanol–water partition coefficient (Wildman–Crippen LogP) is 4.91. The van der Waals surface area contributed by atoms with E-state index in [1.807, 2.05) is 34.9 Å². The van der Waals surface area contributed by atoms with E-state index >= 15 is 0 Å². The Balaban J connectivity index is 2.15. The molecule has 0 saturated carbocycles. The molecule has 0 spiro atoms. The summed E-state index contributed by atoms with van der Waals surface area (Å²) in [6, 6.07) is 14.4. The number of aromatic nitrogens is 3. The normalized spacial score (nSPS) is 12.8. The molecule has 0 bridgehead atoms. The van der Waals surface area contributed by atoms with E-state index in [1.54, 1.807) is 11.3 Å². The Bertz CT molecular complexity index is 704. The molecule has 0 saturated heterocycles. The monoisotopic (exact) mass is 317 g/mol. The second-order valence-corrected chi connectivity index (χ2v) is 6.55. The molecule has 0 radical (unpaired) electrons. The van der Waals surface area contributed by atoms with Crippen LogP contribution >= 0.6 is 22.9 Å². The van der Waals surface area contributed by atoms with Gasteiger partial charge in [-0.25, -0.2) is 0 Å². The van der Waals surface area contributed by atoms with Crippen LogP contribution in [0.25, 0.3) is 11.4 Å². The summed E-state index contributed by atoms with van der Waals surface area (Å²) in [5.41, 5.74) is 1.03. The van der Waals surface area contributed by atoms with E-state index in [2.05, 4.69) is 41.6 Å². The summed E-state index contributed by atoms with van der Waals surface area (Å²) >= 11 is 8.08. The summed E-state index contributed by atoms with van der Waals surface area (Å²) < 4.78 is 2.04. The van der Waals surface area contributed by atoms with Crippen molar-refractivity contribution in [2.45, 2.75) is 19.9 Å². The first-order valence-electron chi connectivity index (χ1n) is 6.87. The van der Waals surface area contributed by atoms with Crippen LogP contribution in [0.4, 0.5) is 0 Å². The SMILES string of the molecule is CC(C)C(c1cccs1)n1c(Cl)nnc1-c1ccccc1. The Morgan fingerprint density at radius 2 is 1.81 bits per heavy atom. The standard InChI is InChI=1S/C16H16ClN3S/c1-11(2)14(13-9-6-10-21-13)20-15(18-19-16(20)17)12-7-4-3-5-8-12/h3-11,14H,1-2H3. The van der Waals surface area contributed by atoms with Crippen molar-refractivity contribution in [3.05, 3.63) is 58.0 Å². The number of halogens is 1. The van der Waals surface area contributed by atoms with Crippen LogP contribution in [0.1, 0.15) is 24.8 Å². The molecule has 3 nitrogen and oxygen atoms in total. The fourth-order valence-corrected chi connectivity index (χ4v) is 3.73. The molecule has 3 rings (SSSR count). The van der Waals surface area contributed by atoms with Crippen molar-refractivity contribution in [2.75, 3.05) is 0 Å². The second kappa shape index (κ2) is 6.00. The lowest BCUT2D eigenvalue weighted by Crippen LogP contribution is -2.17. The van der Waals surface area contributed by atoms with E-state index in [1.165, 1.54) is 4.88 Å². The van der Waals surface area contributed by atoms with Crippen molar-refractivity contribution in [3.8, 4) is 11.4 Å². The number of benzene rings is 1. The minimum Gasteiger partial charge on any atom is -0.289 e. The third kappa shape index (κ3) is 2.74. The Labute approximate surface area is 133 Å². The smallest absolute Gasteiger partial charge is 0.225 e. The highest BCUT2D eigenvalue weighted by Gasteiger charge is 2.25. The highest BCUT2D eigenvalue weighted by Crippen LogP contribution is 2.35. The van der Waals surface area contributed by atoms with Crippen molar-refractivity contribution < 1.29 is 0 Å². The average Bonchev–Trinajstić information content (AvgIpc) is 3.12. The van der Waals surface area contributed by atoms with Crippen molar-refractivity contribution in [1.29, 1.82) is 0 Å². The maximum atomic E-state index is 6.34. The first-order valence-corrected chi connectivity index (χ1v) is 8.13. The van der Waals surface area contributed by atoms with Gasteiger partial charge in [-0.15, -0.1) is 21.5 Å². The maximum Gasteiger partial charge on any atom is 0.225 e. The summed E-state index contributed by atoms with van der Waals surface area (Å²) in [4.78, 5) is 1.27. The molecule has 2 heterocycles. The van der Waals surface area contributed by atoms with Crippen LogP contribution in [0.15, 0.2) is 47.8 Å². The third-order valence-corrected chi connectivity index (χ3v) is 4.63. The molecule has 0 aliphatic carbocycles. The molecule has 0 amide bonds. The van der Waals surface area contributed by atoms with E-state index in [0.29, 0.717) is 11.2 Å². The first kappa shape index (κ1) is 14.3. The average molecular weight is 318 g/mol. The minimum atomic E-state index is 0.141. The lowest BCUT2D eigenvalue weighted by atomic mass is 10.0. The Hall–Kier alpha value is -1.65. The third-order valence-electron chi connectivity index (χ3n) is 3.43. The van der Waals surface area contributed by atoms with E-state index in [-0.39, 0.29) is 6.04 Å². The summed E-state index contributed by atoms with van der Waals surface area (Å²) in [7, 11) is 0. The van der Waals surface area contributed by atoms with E-state index in [9.17, 15) is 0 Å². The van der Waals surface area contributed by atoms with Gasteiger partial charge in [0.1, 0.15) is 0 Å². The fourth-order valence-electron chi connectivity index (χ4n) is 2.52. The van der Waals surface area contributed by atoms with Crippen LogP contribution in [-0.2, 0) is 0 Å². The van der Waals surface area contributed by atoms with Gasteiger partial charge in [-0.1, -0.05) is 50.2 Å². The molecule has 0 fully saturated rings. The van der Waals surface area contributed by atoms with Gasteiger partial charge in [0.2, 0.25) is 5.28 Å². The zero-order valence-corrected chi connectivity index (χ0v) is 13.5. The highest BCUT2D eigenvalue weighted by atomic mass is 35.5. The molecule has 0 N–H and O–H groups in total. The van der Waals surface area contributed by atoms with Gasteiger partial charge >= 0.3 is 0 Å². The lowest BCUT2D eigenvalue weighted by Gasteiger charge is -2.23. The van der Waals surface area contributed by atoms with Crippen LogP contribution in [-0.4, -0.2) is 14.8 Å². The molecule has 2 aromatic heterocycles. The van der Waals surface area contributed by atoms with E-state index < -0.39 is 0 Å². The molecule has 1 unspecified atom stereocenters. The number of thiophene rings is 1. The molecule has 0 aliphatic heterocycles. The van der Waals surface area contributed by atoms with E-state index in [0.717, 1.165) is 11.4 Å². The minimum absolute atomic E-state index is 0.141. The predicted molar refractivity (Wildman–Crippen MR) is 87.8 cm³/mol. The van der Waals surface area contributed by atoms with E-state index in [4.69, 9.17) is 11.6 Å². The number of hydrogen-bond donors (Lipinski definition) is 0. The molecule has 1 atom stereocenters. The fraction of sp³-hybridized carbons (Fsp3) is 0.250. The largest absolute Gasteiger partial charge is 0.289 e. The number of rotatable bonds is 4. The number of nitrogens with zero attached hydrogens (tertiary/aromatic N) is 3. The van der Waals surface area contributed by atoms with Gasteiger partial charge in [0.15, 0.2) is 5.82 Å². The highest BCUT2D eigenvalue weighted by molar-refractivity contribution is 7.10. The Kier molecular flexibility index (Phi) is 4.08. The zero-order valence-electron chi connectivity index (χ0n) is 11.9. The molecule has 5 heteroatoms. The van der Waals surface area contributed by atoms with Gasteiger partial charge in [-0.3, -0.25) is 4.57 Å². The Morgan fingerprint density at radius 1 is 1.05 bits per heavy atom. The maximum absolute atomic E-state index is 6.34. The van der Waals surface area contributed by atoms with Crippen molar-refractivity contribution >= 4 is 22.9 Å².